The molecule has 3 nitrogen and oxygen atoms in total. The summed E-state index contributed by atoms with van der Waals surface area (Å²) < 4.78 is 0. The lowest BCUT2D eigenvalue weighted by Crippen LogP contribution is -2.57. The number of benzene rings is 1. The SMILES string of the molecule is Cc1ccccc1SCC(=O)N1CCNC(C)C1C.Cl. The molecule has 2 atom stereocenters. The fraction of sp³-hybridized carbons (Fsp3) is 0.533. The third-order valence-corrected chi connectivity index (χ3v) is 4.96. The van der Waals surface area contributed by atoms with Gasteiger partial charge in [-0.1, -0.05) is 18.2 Å². The predicted molar refractivity (Wildman–Crippen MR) is 87.8 cm³/mol. The molecule has 1 fully saturated rings. The number of rotatable bonds is 3. The molecule has 0 radical (unpaired) electrons. The molecule has 1 aliphatic heterocycles. The number of piperazine rings is 1. The molecule has 1 aromatic rings. The largest absolute Gasteiger partial charge is 0.336 e. The van der Waals surface area contributed by atoms with Crippen LogP contribution in [0.2, 0.25) is 0 Å². The lowest BCUT2D eigenvalue weighted by molar-refractivity contribution is -0.131. The van der Waals surface area contributed by atoms with Crippen LogP contribution in [-0.2, 0) is 4.79 Å². The van der Waals surface area contributed by atoms with Crippen LogP contribution in [0.25, 0.3) is 0 Å². The molecule has 0 saturated carbocycles. The molecule has 2 rings (SSSR count). The molecule has 0 aliphatic carbocycles. The average Bonchev–Trinajstić information content (AvgIpc) is 2.40. The zero-order valence-electron chi connectivity index (χ0n) is 12.3. The van der Waals surface area contributed by atoms with Crippen LogP contribution in [0.3, 0.4) is 0 Å². The van der Waals surface area contributed by atoms with E-state index in [0.717, 1.165) is 13.1 Å². The van der Waals surface area contributed by atoms with Gasteiger partial charge in [-0.25, -0.2) is 0 Å². The molecular weight excluding hydrogens is 292 g/mol. The van der Waals surface area contributed by atoms with Crippen molar-refractivity contribution in [3.05, 3.63) is 29.8 Å². The monoisotopic (exact) mass is 314 g/mol. The number of hydrogen-bond donors (Lipinski definition) is 1. The van der Waals surface area contributed by atoms with Crippen molar-refractivity contribution in [2.75, 3.05) is 18.8 Å². The second-order valence-electron chi connectivity index (χ2n) is 5.12. The van der Waals surface area contributed by atoms with Crippen molar-refractivity contribution in [1.82, 2.24) is 10.2 Å². The van der Waals surface area contributed by atoms with E-state index >= 15 is 0 Å². The van der Waals surface area contributed by atoms with Crippen LogP contribution >= 0.6 is 24.2 Å². The van der Waals surface area contributed by atoms with Crippen molar-refractivity contribution in [3.63, 3.8) is 0 Å². The highest BCUT2D eigenvalue weighted by atomic mass is 35.5. The topological polar surface area (TPSA) is 32.3 Å². The maximum atomic E-state index is 12.3. The molecule has 1 heterocycles. The Bertz CT molecular complexity index is 455. The Hall–Kier alpha value is -0.710. The summed E-state index contributed by atoms with van der Waals surface area (Å²) in [5, 5.41) is 3.40. The minimum absolute atomic E-state index is 0. The van der Waals surface area contributed by atoms with Crippen LogP contribution in [0.1, 0.15) is 19.4 Å². The van der Waals surface area contributed by atoms with E-state index in [9.17, 15) is 4.79 Å². The Balaban J connectivity index is 0.00000200. The zero-order valence-corrected chi connectivity index (χ0v) is 13.9. The summed E-state index contributed by atoms with van der Waals surface area (Å²) in [5.41, 5.74) is 1.24. The van der Waals surface area contributed by atoms with E-state index in [1.165, 1.54) is 10.5 Å². The third-order valence-electron chi connectivity index (χ3n) is 3.80. The van der Waals surface area contributed by atoms with E-state index in [1.807, 2.05) is 17.0 Å². The predicted octanol–water partition coefficient (Wildman–Crippen LogP) is 2.72. The normalized spacial score (nSPS) is 22.2. The Morgan fingerprint density at radius 3 is 2.80 bits per heavy atom. The lowest BCUT2D eigenvalue weighted by atomic mass is 10.1. The Labute approximate surface area is 131 Å². The van der Waals surface area contributed by atoms with Crippen molar-refractivity contribution in [2.24, 2.45) is 0 Å². The molecule has 5 heteroatoms. The number of nitrogens with zero attached hydrogens (tertiary/aromatic N) is 1. The van der Waals surface area contributed by atoms with Gasteiger partial charge in [0.05, 0.1) is 5.75 Å². The van der Waals surface area contributed by atoms with E-state index in [-0.39, 0.29) is 24.4 Å². The highest BCUT2D eigenvalue weighted by Gasteiger charge is 2.27. The number of nitrogens with one attached hydrogen (secondary N) is 1. The quantitative estimate of drug-likeness (QED) is 0.871. The summed E-state index contributed by atoms with van der Waals surface area (Å²) in [6.07, 6.45) is 0. The lowest BCUT2D eigenvalue weighted by Gasteiger charge is -2.38. The molecule has 1 amide bonds. The van der Waals surface area contributed by atoms with Gasteiger partial charge in [-0.3, -0.25) is 4.79 Å². The number of carbonyl (C=O) groups is 1. The van der Waals surface area contributed by atoms with Gasteiger partial charge in [-0.15, -0.1) is 24.2 Å². The second-order valence-corrected chi connectivity index (χ2v) is 6.14. The smallest absolute Gasteiger partial charge is 0.233 e. The van der Waals surface area contributed by atoms with E-state index in [1.54, 1.807) is 11.8 Å². The van der Waals surface area contributed by atoms with Crippen LogP contribution in [0.4, 0.5) is 0 Å². The highest BCUT2D eigenvalue weighted by molar-refractivity contribution is 8.00. The first kappa shape index (κ1) is 17.3. The first-order chi connectivity index (χ1) is 9.09. The van der Waals surface area contributed by atoms with E-state index in [2.05, 4.69) is 38.2 Å². The van der Waals surface area contributed by atoms with Crippen molar-refractivity contribution < 1.29 is 4.79 Å². The second kappa shape index (κ2) is 7.91. The van der Waals surface area contributed by atoms with E-state index in [0.29, 0.717) is 11.8 Å². The summed E-state index contributed by atoms with van der Waals surface area (Å²) in [6, 6.07) is 8.87. The first-order valence-corrected chi connectivity index (χ1v) is 7.79. The summed E-state index contributed by atoms with van der Waals surface area (Å²) in [7, 11) is 0. The van der Waals surface area contributed by atoms with Gasteiger partial charge in [0.1, 0.15) is 0 Å². The Morgan fingerprint density at radius 1 is 1.40 bits per heavy atom. The molecule has 1 aromatic carbocycles. The number of thioether (sulfide) groups is 1. The number of halogens is 1. The molecule has 112 valence electrons. The van der Waals surface area contributed by atoms with Gasteiger partial charge in [0.15, 0.2) is 0 Å². The first-order valence-electron chi connectivity index (χ1n) is 6.81. The number of aryl methyl sites for hydroxylation is 1. The van der Waals surface area contributed by atoms with Gasteiger partial charge in [0, 0.05) is 30.1 Å². The van der Waals surface area contributed by atoms with Crippen LogP contribution in [-0.4, -0.2) is 41.7 Å². The number of amides is 1. The summed E-state index contributed by atoms with van der Waals surface area (Å²) in [4.78, 5) is 15.5. The van der Waals surface area contributed by atoms with Crippen LogP contribution in [0, 0.1) is 6.92 Å². The minimum Gasteiger partial charge on any atom is -0.336 e. The summed E-state index contributed by atoms with van der Waals surface area (Å²) in [6.45, 7) is 8.05. The van der Waals surface area contributed by atoms with Crippen molar-refractivity contribution in [1.29, 1.82) is 0 Å². The molecule has 2 unspecified atom stereocenters. The molecule has 20 heavy (non-hydrogen) atoms. The van der Waals surface area contributed by atoms with Crippen molar-refractivity contribution >= 4 is 30.1 Å². The van der Waals surface area contributed by atoms with Crippen LogP contribution < -0.4 is 5.32 Å². The molecule has 0 aromatic heterocycles. The van der Waals surface area contributed by atoms with Gasteiger partial charge < -0.3 is 10.2 Å². The minimum atomic E-state index is 0. The van der Waals surface area contributed by atoms with E-state index in [4.69, 9.17) is 0 Å². The molecule has 1 aliphatic rings. The maximum Gasteiger partial charge on any atom is 0.233 e. The fourth-order valence-electron chi connectivity index (χ4n) is 2.35. The Morgan fingerprint density at radius 2 is 2.10 bits per heavy atom. The van der Waals surface area contributed by atoms with Gasteiger partial charge in [0.2, 0.25) is 5.91 Å². The third kappa shape index (κ3) is 4.14. The van der Waals surface area contributed by atoms with Crippen molar-refractivity contribution in [2.45, 2.75) is 37.8 Å². The van der Waals surface area contributed by atoms with Crippen LogP contribution in [0.5, 0.6) is 0 Å². The van der Waals surface area contributed by atoms with Crippen molar-refractivity contribution in [3.8, 4) is 0 Å². The van der Waals surface area contributed by atoms with Gasteiger partial charge >= 0.3 is 0 Å². The average molecular weight is 315 g/mol. The molecule has 1 N–H and O–H groups in total. The fourth-order valence-corrected chi connectivity index (χ4v) is 3.26. The van der Waals surface area contributed by atoms with E-state index < -0.39 is 0 Å². The summed E-state index contributed by atoms with van der Waals surface area (Å²) in [5.74, 6) is 0.774. The zero-order chi connectivity index (χ0) is 13.8. The van der Waals surface area contributed by atoms with Gasteiger partial charge in [-0.2, -0.15) is 0 Å². The summed E-state index contributed by atoms with van der Waals surface area (Å²) >= 11 is 1.64. The standard InChI is InChI=1S/C15H22N2OS.ClH/c1-11-6-4-5-7-14(11)19-10-15(18)17-9-8-16-12(2)13(17)3;/h4-7,12-13,16H,8-10H2,1-3H3;1H. The molecule has 0 spiro atoms. The Kier molecular flexibility index (Phi) is 6.86. The molecular formula is C15H23ClN2OS. The maximum absolute atomic E-state index is 12.3. The molecule has 0 bridgehead atoms. The van der Waals surface area contributed by atoms with Gasteiger partial charge in [-0.05, 0) is 32.4 Å². The number of hydrogen-bond acceptors (Lipinski definition) is 3. The van der Waals surface area contributed by atoms with Crippen LogP contribution in [0.15, 0.2) is 29.2 Å². The highest BCUT2D eigenvalue weighted by Crippen LogP contribution is 2.22. The number of carbonyl (C=O) groups excluding carboxylic acids is 1. The van der Waals surface area contributed by atoms with Gasteiger partial charge in [0.25, 0.3) is 0 Å². The molecule has 1 saturated heterocycles.